The zero-order valence-electron chi connectivity index (χ0n) is 15.5. The summed E-state index contributed by atoms with van der Waals surface area (Å²) in [5.41, 5.74) is 4.59. The molecule has 0 saturated heterocycles. The molecule has 0 unspecified atom stereocenters. The molecule has 1 aliphatic rings. The normalized spacial score (nSPS) is 14.3. The fraction of sp³-hybridized carbons (Fsp3) is 0.318. The van der Waals surface area contributed by atoms with E-state index < -0.39 is 0 Å². The van der Waals surface area contributed by atoms with Gasteiger partial charge in [-0.2, -0.15) is 0 Å². The number of rotatable bonds is 5. The summed E-state index contributed by atoms with van der Waals surface area (Å²) in [6.45, 7) is 5.93. The molecular formula is C22H24FN3O. The third-order valence-corrected chi connectivity index (χ3v) is 5.38. The number of nitrogens with zero attached hydrogens (tertiary/aromatic N) is 2. The van der Waals surface area contributed by atoms with Crippen molar-refractivity contribution >= 4 is 22.5 Å². The van der Waals surface area contributed by atoms with E-state index in [1.54, 1.807) is 12.1 Å². The number of hydrogen-bond acceptors (Lipinski definition) is 2. The minimum Gasteiger partial charge on any atom is -0.344 e. The zero-order chi connectivity index (χ0) is 18.8. The third kappa shape index (κ3) is 3.60. The predicted octanol–water partition coefficient (Wildman–Crippen LogP) is 4.19. The predicted molar refractivity (Wildman–Crippen MR) is 106 cm³/mol. The van der Waals surface area contributed by atoms with Crippen molar-refractivity contribution in [3.8, 4) is 0 Å². The average Bonchev–Trinajstić information content (AvgIpc) is 3.01. The number of nitrogens with one attached hydrogen (secondary N) is 1. The Kier molecular flexibility index (Phi) is 4.94. The van der Waals surface area contributed by atoms with Crippen LogP contribution in [0.2, 0.25) is 0 Å². The van der Waals surface area contributed by atoms with E-state index in [1.165, 1.54) is 34.3 Å². The summed E-state index contributed by atoms with van der Waals surface area (Å²) >= 11 is 0. The molecule has 1 amide bonds. The summed E-state index contributed by atoms with van der Waals surface area (Å²) in [5.74, 6) is -0.362. The summed E-state index contributed by atoms with van der Waals surface area (Å²) in [6.07, 6.45) is 1.40. The second kappa shape index (κ2) is 7.53. The highest BCUT2D eigenvalue weighted by Crippen LogP contribution is 2.31. The van der Waals surface area contributed by atoms with Crippen LogP contribution in [0.5, 0.6) is 0 Å². The fourth-order valence-electron chi connectivity index (χ4n) is 3.95. The van der Waals surface area contributed by atoms with Crippen LogP contribution >= 0.6 is 0 Å². The molecule has 0 saturated carbocycles. The van der Waals surface area contributed by atoms with Crippen LogP contribution in [0, 0.1) is 5.82 Å². The van der Waals surface area contributed by atoms with Gasteiger partial charge in [0.05, 0.1) is 0 Å². The molecule has 4 rings (SSSR count). The number of likely N-dealkylation sites (N-methyl/N-ethyl adjacent to an activating group) is 1. The molecule has 0 atom stereocenters. The van der Waals surface area contributed by atoms with E-state index >= 15 is 0 Å². The van der Waals surface area contributed by atoms with Crippen molar-refractivity contribution in [2.75, 3.05) is 18.4 Å². The van der Waals surface area contributed by atoms with Gasteiger partial charge in [0.15, 0.2) is 0 Å². The largest absolute Gasteiger partial charge is 0.344 e. The van der Waals surface area contributed by atoms with Gasteiger partial charge in [-0.05, 0) is 42.4 Å². The molecule has 27 heavy (non-hydrogen) atoms. The van der Waals surface area contributed by atoms with Crippen LogP contribution in [0.3, 0.4) is 0 Å². The number of aromatic nitrogens is 1. The van der Waals surface area contributed by atoms with Crippen molar-refractivity contribution in [1.82, 2.24) is 9.47 Å². The number of carbonyl (C=O) groups is 1. The van der Waals surface area contributed by atoms with E-state index in [1.807, 2.05) is 0 Å². The first-order valence-electron chi connectivity index (χ1n) is 9.52. The number of halogens is 1. The van der Waals surface area contributed by atoms with E-state index in [0.29, 0.717) is 18.7 Å². The van der Waals surface area contributed by atoms with Gasteiger partial charge < -0.3 is 9.88 Å². The Morgan fingerprint density at radius 2 is 1.93 bits per heavy atom. The number of aryl methyl sites for hydroxylation is 1. The second-order valence-corrected chi connectivity index (χ2v) is 7.02. The molecule has 2 heterocycles. The molecule has 1 N–H and O–H groups in total. The van der Waals surface area contributed by atoms with E-state index in [-0.39, 0.29) is 11.7 Å². The van der Waals surface area contributed by atoms with Crippen LogP contribution in [0.15, 0.2) is 48.5 Å². The van der Waals surface area contributed by atoms with Crippen molar-refractivity contribution in [2.24, 2.45) is 0 Å². The van der Waals surface area contributed by atoms with Crippen molar-refractivity contribution in [3.63, 3.8) is 0 Å². The van der Waals surface area contributed by atoms with Gasteiger partial charge in [-0.25, -0.2) is 4.39 Å². The summed E-state index contributed by atoms with van der Waals surface area (Å²) in [7, 11) is 0. The molecule has 5 heteroatoms. The van der Waals surface area contributed by atoms with E-state index in [9.17, 15) is 9.18 Å². The highest BCUT2D eigenvalue weighted by Gasteiger charge is 2.23. The maximum Gasteiger partial charge on any atom is 0.226 e. The first-order chi connectivity index (χ1) is 13.2. The van der Waals surface area contributed by atoms with Gasteiger partial charge in [0.1, 0.15) is 5.82 Å². The number of anilines is 1. The smallest absolute Gasteiger partial charge is 0.226 e. The Hall–Kier alpha value is -2.66. The molecule has 1 aliphatic heterocycles. The van der Waals surface area contributed by atoms with Crippen LogP contribution in [-0.2, 0) is 24.3 Å². The van der Waals surface area contributed by atoms with E-state index in [0.717, 1.165) is 26.1 Å². The van der Waals surface area contributed by atoms with Crippen LogP contribution in [0.4, 0.5) is 10.1 Å². The Bertz CT molecular complexity index is 962. The standard InChI is InChI=1S/C22H24FN3O/c1-2-25-13-11-21-19(15-25)18-5-3-4-6-20(18)26(21)14-12-22(27)24-17-9-7-16(23)8-10-17/h3-10H,2,11-15H2,1H3,(H,24,27). The minimum atomic E-state index is -0.306. The molecule has 0 bridgehead atoms. The van der Waals surface area contributed by atoms with Crippen molar-refractivity contribution in [2.45, 2.75) is 32.9 Å². The minimum absolute atomic E-state index is 0.0564. The number of fused-ring (bicyclic) bond motifs is 3. The molecular weight excluding hydrogens is 341 g/mol. The summed E-state index contributed by atoms with van der Waals surface area (Å²) in [4.78, 5) is 14.8. The maximum absolute atomic E-state index is 13.0. The van der Waals surface area contributed by atoms with Gasteiger partial charge in [-0.1, -0.05) is 25.1 Å². The lowest BCUT2D eigenvalue weighted by Gasteiger charge is -2.26. The Morgan fingerprint density at radius 1 is 1.15 bits per heavy atom. The van der Waals surface area contributed by atoms with E-state index in [4.69, 9.17) is 0 Å². The molecule has 1 aromatic heterocycles. The second-order valence-electron chi connectivity index (χ2n) is 7.02. The van der Waals surface area contributed by atoms with Gasteiger partial charge in [-0.3, -0.25) is 9.69 Å². The molecule has 0 spiro atoms. The lowest BCUT2D eigenvalue weighted by atomic mass is 10.0. The number of benzene rings is 2. The number of para-hydroxylation sites is 1. The van der Waals surface area contributed by atoms with Crippen LogP contribution in [-0.4, -0.2) is 28.5 Å². The average molecular weight is 365 g/mol. The molecule has 0 radical (unpaired) electrons. The first kappa shape index (κ1) is 17.7. The van der Waals surface area contributed by atoms with Gasteiger partial charge in [0, 0.05) is 54.8 Å². The summed E-state index contributed by atoms with van der Waals surface area (Å²) in [5, 5.41) is 4.14. The van der Waals surface area contributed by atoms with Crippen LogP contribution in [0.25, 0.3) is 10.9 Å². The quantitative estimate of drug-likeness (QED) is 0.736. The molecule has 0 aliphatic carbocycles. The first-order valence-corrected chi connectivity index (χ1v) is 9.52. The van der Waals surface area contributed by atoms with Crippen molar-refractivity contribution in [1.29, 1.82) is 0 Å². The highest BCUT2D eigenvalue weighted by atomic mass is 19.1. The molecule has 140 valence electrons. The van der Waals surface area contributed by atoms with E-state index in [2.05, 4.69) is 46.0 Å². The number of carbonyl (C=O) groups excluding carboxylic acids is 1. The summed E-state index contributed by atoms with van der Waals surface area (Å²) in [6, 6.07) is 14.3. The maximum atomic E-state index is 13.0. The topological polar surface area (TPSA) is 37.3 Å². The Morgan fingerprint density at radius 3 is 2.70 bits per heavy atom. The third-order valence-electron chi connectivity index (χ3n) is 5.38. The lowest BCUT2D eigenvalue weighted by molar-refractivity contribution is -0.116. The zero-order valence-corrected chi connectivity index (χ0v) is 15.5. The summed E-state index contributed by atoms with van der Waals surface area (Å²) < 4.78 is 15.3. The molecule has 3 aromatic rings. The van der Waals surface area contributed by atoms with Crippen LogP contribution < -0.4 is 5.32 Å². The Balaban J connectivity index is 1.54. The molecule has 0 fully saturated rings. The lowest BCUT2D eigenvalue weighted by Crippen LogP contribution is -2.31. The van der Waals surface area contributed by atoms with Gasteiger partial charge in [0.2, 0.25) is 5.91 Å². The monoisotopic (exact) mass is 365 g/mol. The van der Waals surface area contributed by atoms with Gasteiger partial charge in [-0.15, -0.1) is 0 Å². The van der Waals surface area contributed by atoms with Crippen LogP contribution in [0.1, 0.15) is 24.6 Å². The van der Waals surface area contributed by atoms with Crippen molar-refractivity contribution < 1.29 is 9.18 Å². The fourth-order valence-corrected chi connectivity index (χ4v) is 3.95. The SMILES string of the molecule is CCN1CCc2c(c3ccccc3n2CCC(=O)Nc2ccc(F)cc2)C1. The van der Waals surface area contributed by atoms with Crippen molar-refractivity contribution in [3.05, 3.63) is 65.6 Å². The van der Waals surface area contributed by atoms with Gasteiger partial charge >= 0.3 is 0 Å². The van der Waals surface area contributed by atoms with Gasteiger partial charge in [0.25, 0.3) is 0 Å². The highest BCUT2D eigenvalue weighted by molar-refractivity contribution is 5.91. The Labute approximate surface area is 158 Å². The molecule has 2 aromatic carbocycles. The number of hydrogen-bond donors (Lipinski definition) is 1. The molecule has 4 nitrogen and oxygen atoms in total. The number of amides is 1.